The van der Waals surface area contributed by atoms with Gasteiger partial charge in [0.15, 0.2) is 0 Å². The van der Waals surface area contributed by atoms with Gasteiger partial charge in [0.05, 0.1) is 54.1 Å². The molecule has 0 saturated carbocycles. The molecule has 3 rings (SSSR count). The molecule has 1 aromatic heterocycles. The molecule has 8 nitrogen and oxygen atoms in total. The Bertz CT molecular complexity index is 957. The van der Waals surface area contributed by atoms with Gasteiger partial charge in [-0.05, 0) is 32.4 Å². The van der Waals surface area contributed by atoms with Crippen LogP contribution in [0.2, 0.25) is 0 Å². The normalized spacial score (nSPS) is 37.5. The first kappa shape index (κ1) is 27.9. The molecule has 1 aromatic rings. The number of fused-ring (bicyclic) bond motifs is 1. The number of epoxide rings is 1. The summed E-state index contributed by atoms with van der Waals surface area (Å²) < 4.78 is 17.6. The molecule has 2 saturated heterocycles. The van der Waals surface area contributed by atoms with Gasteiger partial charge in [0.1, 0.15) is 17.5 Å². The Morgan fingerprint density at radius 1 is 1.23 bits per heavy atom. The molecule has 3 heterocycles. The SMILES string of the molecule is C/C(=C\c1csc(C)n1)[C@H]1C[C@@H]2O[C@]2(C)COC[C@@H](C)[C@@H](O)[C@@H](C)C(=O)C(C)(C)[C@@H](O)CC(=O)O1. The highest BCUT2D eigenvalue weighted by Gasteiger charge is 2.54. The summed E-state index contributed by atoms with van der Waals surface area (Å²) in [4.78, 5) is 30.5. The van der Waals surface area contributed by atoms with Crippen molar-refractivity contribution in [3.63, 3.8) is 0 Å². The zero-order chi connectivity index (χ0) is 26.1. The third-order valence-corrected chi connectivity index (χ3v) is 8.16. The van der Waals surface area contributed by atoms with Gasteiger partial charge >= 0.3 is 5.97 Å². The lowest BCUT2D eigenvalue weighted by Crippen LogP contribution is -2.46. The van der Waals surface area contributed by atoms with E-state index in [1.54, 1.807) is 32.1 Å². The van der Waals surface area contributed by atoms with Crippen molar-refractivity contribution in [1.29, 1.82) is 0 Å². The summed E-state index contributed by atoms with van der Waals surface area (Å²) in [6, 6.07) is 0. The number of thiazole rings is 1. The monoisotopic (exact) mass is 509 g/mol. The van der Waals surface area contributed by atoms with Crippen LogP contribution in [-0.4, -0.2) is 70.2 Å². The van der Waals surface area contributed by atoms with Gasteiger partial charge < -0.3 is 24.4 Å². The Balaban J connectivity index is 1.85. The fraction of sp³-hybridized carbons (Fsp3) is 0.731. The van der Waals surface area contributed by atoms with Crippen LogP contribution in [0.3, 0.4) is 0 Å². The number of cyclic esters (lactones) is 1. The van der Waals surface area contributed by atoms with E-state index in [9.17, 15) is 19.8 Å². The van der Waals surface area contributed by atoms with E-state index < -0.39 is 41.2 Å². The number of aromatic nitrogens is 1. The lowest BCUT2D eigenvalue weighted by molar-refractivity contribution is -0.154. The minimum atomic E-state index is -1.26. The van der Waals surface area contributed by atoms with E-state index in [0.29, 0.717) is 13.0 Å². The van der Waals surface area contributed by atoms with Gasteiger partial charge in [-0.25, -0.2) is 4.98 Å². The molecule has 7 atom stereocenters. The molecular formula is C26H39NO7S. The molecule has 2 aliphatic heterocycles. The van der Waals surface area contributed by atoms with Crippen molar-refractivity contribution in [1.82, 2.24) is 4.98 Å². The van der Waals surface area contributed by atoms with Gasteiger partial charge in [-0.1, -0.05) is 27.7 Å². The highest BCUT2D eigenvalue weighted by Crippen LogP contribution is 2.41. The number of hydrogen-bond donors (Lipinski definition) is 2. The number of ether oxygens (including phenoxy) is 3. The van der Waals surface area contributed by atoms with Crippen LogP contribution in [-0.2, 0) is 23.8 Å². The van der Waals surface area contributed by atoms with Crippen LogP contribution >= 0.6 is 11.3 Å². The minimum absolute atomic E-state index is 0.171. The van der Waals surface area contributed by atoms with Crippen LogP contribution in [0.4, 0.5) is 0 Å². The molecule has 2 N–H and O–H groups in total. The van der Waals surface area contributed by atoms with Crippen molar-refractivity contribution in [3.8, 4) is 0 Å². The minimum Gasteiger partial charge on any atom is -0.458 e. The largest absolute Gasteiger partial charge is 0.458 e. The first-order valence-corrected chi connectivity index (χ1v) is 13.1. The standard InChI is InChI=1S/C26H39NO7S/c1-14(8-18-12-35-17(4)27-18)19-9-21-26(7,34-21)13-32-11-15(2)23(30)16(3)24(31)25(5,6)20(28)10-22(29)33-19/h8,12,15-16,19-21,23,28,30H,9-11,13H2,1-7H3/b14-8+/t15-,16-,19-,20+,21+,23-,26-/m1/s1. The van der Waals surface area contributed by atoms with E-state index in [0.717, 1.165) is 16.3 Å². The summed E-state index contributed by atoms with van der Waals surface area (Å²) in [6.45, 7) is 13.0. The number of aliphatic hydroxyl groups excluding tert-OH is 2. The summed E-state index contributed by atoms with van der Waals surface area (Å²) in [5.41, 5.74) is -0.149. The molecule has 0 aromatic carbocycles. The first-order chi connectivity index (χ1) is 16.2. The number of aryl methyl sites for hydroxylation is 1. The van der Waals surface area contributed by atoms with E-state index in [1.165, 1.54) is 0 Å². The zero-order valence-corrected chi connectivity index (χ0v) is 22.6. The van der Waals surface area contributed by atoms with E-state index in [1.807, 2.05) is 39.2 Å². The van der Waals surface area contributed by atoms with E-state index in [2.05, 4.69) is 4.98 Å². The smallest absolute Gasteiger partial charge is 0.309 e. The lowest BCUT2D eigenvalue weighted by atomic mass is 9.73. The number of rotatable bonds is 2. The maximum atomic E-state index is 13.2. The number of aliphatic hydroxyl groups is 2. The van der Waals surface area contributed by atoms with Gasteiger partial charge in [-0.2, -0.15) is 0 Å². The van der Waals surface area contributed by atoms with Crippen LogP contribution in [0, 0.1) is 24.2 Å². The van der Waals surface area contributed by atoms with Crippen molar-refractivity contribution in [2.24, 2.45) is 17.3 Å². The summed E-state index contributed by atoms with van der Waals surface area (Å²) in [5, 5.41) is 24.5. The number of Topliss-reactive ketones (excluding diaryl/α,β-unsaturated/α-hetero) is 1. The van der Waals surface area contributed by atoms with Crippen molar-refractivity contribution < 1.29 is 34.0 Å². The molecule has 2 aliphatic rings. The van der Waals surface area contributed by atoms with Gasteiger partial charge in [-0.3, -0.25) is 9.59 Å². The predicted octanol–water partition coefficient (Wildman–Crippen LogP) is 3.32. The van der Waals surface area contributed by atoms with Crippen LogP contribution in [0.1, 0.15) is 65.1 Å². The molecule has 2 fully saturated rings. The highest BCUT2D eigenvalue weighted by atomic mass is 32.1. The summed E-state index contributed by atoms with van der Waals surface area (Å²) in [5.74, 6) is -1.94. The second-order valence-corrected chi connectivity index (χ2v) is 12.0. The third-order valence-electron chi connectivity index (χ3n) is 7.36. The van der Waals surface area contributed by atoms with Crippen molar-refractivity contribution in [2.45, 2.75) is 91.3 Å². The number of carbonyl (C=O) groups excluding carboxylic acids is 2. The molecular weight excluding hydrogens is 470 g/mol. The van der Waals surface area contributed by atoms with Gasteiger partial charge in [-0.15, -0.1) is 11.3 Å². The average molecular weight is 510 g/mol. The number of hydrogen-bond acceptors (Lipinski definition) is 9. The first-order valence-electron chi connectivity index (χ1n) is 12.2. The number of esters is 1. The highest BCUT2D eigenvalue weighted by molar-refractivity contribution is 7.09. The summed E-state index contributed by atoms with van der Waals surface area (Å²) >= 11 is 1.54. The molecule has 0 radical (unpaired) electrons. The lowest BCUT2D eigenvalue weighted by Gasteiger charge is -2.34. The Morgan fingerprint density at radius 3 is 2.54 bits per heavy atom. The second kappa shape index (κ2) is 10.8. The van der Waals surface area contributed by atoms with Crippen LogP contribution in [0.25, 0.3) is 6.08 Å². The maximum Gasteiger partial charge on any atom is 0.309 e. The molecule has 0 amide bonds. The van der Waals surface area contributed by atoms with Crippen molar-refractivity contribution in [3.05, 3.63) is 21.7 Å². The van der Waals surface area contributed by atoms with Gasteiger partial charge in [0, 0.05) is 23.6 Å². The quantitative estimate of drug-likeness (QED) is 0.460. The fourth-order valence-electron chi connectivity index (χ4n) is 4.57. The van der Waals surface area contributed by atoms with Crippen LogP contribution in [0.5, 0.6) is 0 Å². The van der Waals surface area contributed by atoms with E-state index in [4.69, 9.17) is 14.2 Å². The van der Waals surface area contributed by atoms with E-state index >= 15 is 0 Å². The third kappa shape index (κ3) is 6.57. The molecule has 0 aliphatic carbocycles. The number of ketones is 1. The molecule has 196 valence electrons. The topological polar surface area (TPSA) is 118 Å². The van der Waals surface area contributed by atoms with Crippen molar-refractivity contribution >= 4 is 29.2 Å². The Labute approximate surface area is 211 Å². The second-order valence-electron chi connectivity index (χ2n) is 10.9. The fourth-order valence-corrected chi connectivity index (χ4v) is 5.14. The Kier molecular flexibility index (Phi) is 8.59. The summed E-state index contributed by atoms with van der Waals surface area (Å²) in [6.07, 6.45) is -0.947. The van der Waals surface area contributed by atoms with Crippen molar-refractivity contribution in [2.75, 3.05) is 13.2 Å². The molecule has 0 bridgehead atoms. The summed E-state index contributed by atoms with van der Waals surface area (Å²) in [7, 11) is 0. The zero-order valence-electron chi connectivity index (χ0n) is 21.7. The predicted molar refractivity (Wildman–Crippen MR) is 133 cm³/mol. The Hall–Kier alpha value is -1.65. The van der Waals surface area contributed by atoms with Gasteiger partial charge in [0.25, 0.3) is 0 Å². The van der Waals surface area contributed by atoms with Gasteiger partial charge in [0.2, 0.25) is 0 Å². The molecule has 0 unspecified atom stereocenters. The molecule has 35 heavy (non-hydrogen) atoms. The van der Waals surface area contributed by atoms with Crippen LogP contribution in [0.15, 0.2) is 11.0 Å². The van der Waals surface area contributed by atoms with E-state index in [-0.39, 0.29) is 30.8 Å². The Morgan fingerprint density at radius 2 is 1.91 bits per heavy atom. The average Bonchev–Trinajstić information content (AvgIpc) is 3.22. The maximum absolute atomic E-state index is 13.2. The number of nitrogens with zero attached hydrogens (tertiary/aromatic N) is 1. The number of carbonyl (C=O) groups is 2. The molecule has 0 spiro atoms. The molecule has 9 heteroatoms. The van der Waals surface area contributed by atoms with Crippen LogP contribution < -0.4 is 0 Å².